The lowest BCUT2D eigenvalue weighted by atomic mass is 9.96. The van der Waals surface area contributed by atoms with E-state index >= 15 is 0 Å². The molecule has 19 heavy (non-hydrogen) atoms. The number of benzene rings is 1. The summed E-state index contributed by atoms with van der Waals surface area (Å²) in [4.78, 5) is 0. The van der Waals surface area contributed by atoms with E-state index in [-0.39, 0.29) is 23.4 Å². The predicted molar refractivity (Wildman–Crippen MR) is 75.4 cm³/mol. The van der Waals surface area contributed by atoms with Crippen molar-refractivity contribution in [2.24, 2.45) is 0 Å². The summed E-state index contributed by atoms with van der Waals surface area (Å²) in [5.74, 6) is 0.638. The van der Waals surface area contributed by atoms with Crippen molar-refractivity contribution in [2.75, 3.05) is 13.7 Å². The van der Waals surface area contributed by atoms with E-state index in [1.54, 1.807) is 19.2 Å². The van der Waals surface area contributed by atoms with E-state index in [0.717, 1.165) is 0 Å². The van der Waals surface area contributed by atoms with Crippen LogP contribution in [0.2, 0.25) is 0 Å². The molecule has 1 saturated heterocycles. The summed E-state index contributed by atoms with van der Waals surface area (Å²) in [6, 6.07) is 8.87. The summed E-state index contributed by atoms with van der Waals surface area (Å²) >= 11 is 5.07. The fourth-order valence-corrected chi connectivity index (χ4v) is 2.14. The zero-order valence-corrected chi connectivity index (χ0v) is 11.5. The van der Waals surface area contributed by atoms with Crippen LogP contribution in [0.25, 0.3) is 0 Å². The Hall–Kier alpha value is -1.11. The van der Waals surface area contributed by atoms with Gasteiger partial charge in [-0.2, -0.15) is 0 Å². The quantitative estimate of drug-likeness (QED) is 0.618. The zero-order valence-electron chi connectivity index (χ0n) is 10.7. The second-order valence-electron chi connectivity index (χ2n) is 4.23. The predicted octanol–water partition coefficient (Wildman–Crippen LogP) is 1.67. The first-order valence-corrected chi connectivity index (χ1v) is 6.43. The molecule has 0 saturated carbocycles. The molecule has 1 aliphatic rings. The molecule has 6 heteroatoms. The van der Waals surface area contributed by atoms with Gasteiger partial charge in [0.25, 0.3) is 0 Å². The number of rotatable bonds is 4. The van der Waals surface area contributed by atoms with E-state index in [4.69, 9.17) is 39.0 Å². The lowest BCUT2D eigenvalue weighted by Gasteiger charge is -2.19. The SMILES string of the molecule is [B]C1CC(OC(=S)Oc2ccccc2)C(COC)O1. The molecule has 3 atom stereocenters. The fraction of sp³-hybridized carbons (Fsp3) is 0.462. The van der Waals surface area contributed by atoms with E-state index in [1.165, 1.54) is 0 Å². The summed E-state index contributed by atoms with van der Waals surface area (Å²) in [6.07, 6.45) is 0.0928. The number of methoxy groups -OCH3 is 1. The normalized spacial score (nSPS) is 26.1. The zero-order chi connectivity index (χ0) is 13.7. The molecule has 0 spiro atoms. The third kappa shape index (κ3) is 4.19. The van der Waals surface area contributed by atoms with E-state index in [0.29, 0.717) is 18.8 Å². The first-order chi connectivity index (χ1) is 9.19. The van der Waals surface area contributed by atoms with Gasteiger partial charge in [0.15, 0.2) is 0 Å². The van der Waals surface area contributed by atoms with Gasteiger partial charge < -0.3 is 18.9 Å². The maximum atomic E-state index is 5.73. The molecule has 0 bridgehead atoms. The monoisotopic (exact) mass is 278 g/mol. The minimum absolute atomic E-state index is 0.0648. The summed E-state index contributed by atoms with van der Waals surface area (Å²) in [6.45, 7) is 0.409. The van der Waals surface area contributed by atoms with Crippen molar-refractivity contribution >= 4 is 25.3 Å². The van der Waals surface area contributed by atoms with E-state index in [9.17, 15) is 0 Å². The van der Waals surface area contributed by atoms with Gasteiger partial charge >= 0.3 is 5.24 Å². The van der Waals surface area contributed by atoms with Crippen molar-refractivity contribution in [3.8, 4) is 5.75 Å². The average molecular weight is 278 g/mol. The van der Waals surface area contributed by atoms with Gasteiger partial charge in [0.2, 0.25) is 0 Å². The lowest BCUT2D eigenvalue weighted by Crippen LogP contribution is -2.31. The molecule has 1 aromatic carbocycles. The van der Waals surface area contributed by atoms with Crippen LogP contribution in [0.1, 0.15) is 6.42 Å². The largest absolute Gasteiger partial charge is 0.450 e. The Morgan fingerprint density at radius 3 is 2.84 bits per heavy atom. The maximum absolute atomic E-state index is 5.73. The number of hydrogen-bond donors (Lipinski definition) is 0. The molecule has 1 aromatic rings. The maximum Gasteiger partial charge on any atom is 0.358 e. The number of hydrogen-bond acceptors (Lipinski definition) is 5. The van der Waals surface area contributed by atoms with Gasteiger partial charge in [-0.05, 0) is 12.1 Å². The molecule has 0 N–H and O–H groups in total. The molecule has 0 aromatic heterocycles. The molecule has 2 radical (unpaired) electrons. The molecule has 3 unspecified atom stereocenters. The second-order valence-corrected chi connectivity index (χ2v) is 4.56. The minimum Gasteiger partial charge on any atom is -0.450 e. The molecular weight excluding hydrogens is 263 g/mol. The van der Waals surface area contributed by atoms with Crippen LogP contribution in [0.3, 0.4) is 0 Å². The van der Waals surface area contributed by atoms with Crippen LogP contribution in [-0.4, -0.2) is 45.0 Å². The molecule has 4 nitrogen and oxygen atoms in total. The second kappa shape index (κ2) is 6.89. The highest BCUT2D eigenvalue weighted by Crippen LogP contribution is 2.22. The smallest absolute Gasteiger partial charge is 0.358 e. The van der Waals surface area contributed by atoms with Gasteiger partial charge in [-0.1, -0.05) is 18.2 Å². The van der Waals surface area contributed by atoms with Gasteiger partial charge in [0, 0.05) is 31.8 Å². The number of thiocarbonyl (C=S) groups is 1. The molecule has 2 rings (SSSR count). The Morgan fingerprint density at radius 2 is 2.16 bits per heavy atom. The van der Waals surface area contributed by atoms with Gasteiger partial charge in [0.1, 0.15) is 25.8 Å². The Kier molecular flexibility index (Phi) is 5.19. The number of ether oxygens (including phenoxy) is 4. The van der Waals surface area contributed by atoms with Crippen molar-refractivity contribution in [2.45, 2.75) is 24.6 Å². The number of para-hydroxylation sites is 1. The Bertz CT molecular complexity index is 414. The van der Waals surface area contributed by atoms with Crippen molar-refractivity contribution in [1.82, 2.24) is 0 Å². The summed E-state index contributed by atoms with van der Waals surface area (Å²) in [7, 11) is 7.33. The van der Waals surface area contributed by atoms with Crippen LogP contribution in [0.5, 0.6) is 5.75 Å². The molecule has 1 heterocycles. The van der Waals surface area contributed by atoms with Crippen LogP contribution in [0, 0.1) is 0 Å². The standard InChI is InChI=1S/C13H15BO4S/c1-15-8-11-10(7-12(14)17-11)18-13(19)16-9-5-3-2-4-6-9/h2-6,10-12H,7-8H2,1H3. The third-order valence-electron chi connectivity index (χ3n) is 2.75. The van der Waals surface area contributed by atoms with Crippen LogP contribution in [0.4, 0.5) is 0 Å². The first kappa shape index (κ1) is 14.3. The van der Waals surface area contributed by atoms with E-state index < -0.39 is 0 Å². The Labute approximate surface area is 119 Å². The average Bonchev–Trinajstić information content (AvgIpc) is 2.71. The topological polar surface area (TPSA) is 36.9 Å². The van der Waals surface area contributed by atoms with Gasteiger partial charge in [-0.3, -0.25) is 0 Å². The van der Waals surface area contributed by atoms with Crippen molar-refractivity contribution in [3.05, 3.63) is 30.3 Å². The van der Waals surface area contributed by atoms with Crippen LogP contribution in [0.15, 0.2) is 30.3 Å². The minimum atomic E-state index is -0.357. The van der Waals surface area contributed by atoms with Crippen molar-refractivity contribution < 1.29 is 18.9 Å². The molecule has 1 aliphatic heterocycles. The van der Waals surface area contributed by atoms with Crippen LogP contribution < -0.4 is 4.74 Å². The molecule has 0 aliphatic carbocycles. The summed E-state index contributed by atoms with van der Waals surface area (Å²) in [5.41, 5.74) is 0. The summed E-state index contributed by atoms with van der Waals surface area (Å²) < 4.78 is 21.5. The lowest BCUT2D eigenvalue weighted by molar-refractivity contribution is -0.0170. The first-order valence-electron chi connectivity index (χ1n) is 6.02. The van der Waals surface area contributed by atoms with Crippen molar-refractivity contribution in [3.63, 3.8) is 0 Å². The highest BCUT2D eigenvalue weighted by atomic mass is 32.1. The third-order valence-corrected chi connectivity index (χ3v) is 2.93. The van der Waals surface area contributed by atoms with Gasteiger partial charge in [-0.25, -0.2) is 0 Å². The highest BCUT2D eigenvalue weighted by Gasteiger charge is 2.35. The molecule has 100 valence electrons. The van der Waals surface area contributed by atoms with Crippen molar-refractivity contribution in [1.29, 1.82) is 0 Å². The Balaban J connectivity index is 1.87. The summed E-state index contributed by atoms with van der Waals surface area (Å²) in [5, 5.41) is 0.0648. The molecule has 1 fully saturated rings. The highest BCUT2D eigenvalue weighted by molar-refractivity contribution is 7.79. The fourth-order valence-electron chi connectivity index (χ4n) is 1.92. The van der Waals surface area contributed by atoms with Crippen LogP contribution >= 0.6 is 12.2 Å². The van der Waals surface area contributed by atoms with Crippen LogP contribution in [-0.2, 0) is 14.2 Å². The van der Waals surface area contributed by atoms with Gasteiger partial charge in [0.05, 0.1) is 6.61 Å². The molecular formula is C13H15BO4S. The Morgan fingerprint density at radius 1 is 1.42 bits per heavy atom. The van der Waals surface area contributed by atoms with Gasteiger partial charge in [-0.15, -0.1) is 0 Å². The van der Waals surface area contributed by atoms with E-state index in [2.05, 4.69) is 0 Å². The van der Waals surface area contributed by atoms with E-state index in [1.807, 2.05) is 18.2 Å². The molecule has 0 amide bonds.